The Morgan fingerprint density at radius 1 is 1.12 bits per heavy atom. The van der Waals surface area contributed by atoms with Gasteiger partial charge in [-0.3, -0.25) is 4.90 Å². The Hall–Kier alpha value is -2.05. The summed E-state index contributed by atoms with van der Waals surface area (Å²) in [5, 5.41) is 0.706. The third-order valence-corrected chi connectivity index (χ3v) is 5.38. The second-order valence-electron chi connectivity index (χ2n) is 6.28. The first-order valence-corrected chi connectivity index (χ1v) is 9.39. The summed E-state index contributed by atoms with van der Waals surface area (Å²) in [7, 11) is 0. The summed E-state index contributed by atoms with van der Waals surface area (Å²) in [6, 6.07) is 13.0. The summed E-state index contributed by atoms with van der Waals surface area (Å²) in [5.41, 5.74) is 3.61. The number of anilines is 1. The van der Waals surface area contributed by atoms with Gasteiger partial charge in [0.05, 0.1) is 11.6 Å². The van der Waals surface area contributed by atoms with E-state index in [9.17, 15) is 4.39 Å². The predicted molar refractivity (Wildman–Crippen MR) is 99.7 cm³/mol. The number of fused-ring (bicyclic) bond motifs is 1. The molecule has 1 saturated heterocycles. The molecule has 1 aliphatic rings. The number of rotatable bonds is 4. The van der Waals surface area contributed by atoms with Crippen LogP contribution in [-0.2, 0) is 0 Å². The SMILES string of the molecule is Cc1ccc2nc(SCN3CCN(c4ccccc4F)CC3)oc2c1. The van der Waals surface area contributed by atoms with E-state index in [-0.39, 0.29) is 5.82 Å². The van der Waals surface area contributed by atoms with Crippen LogP contribution in [0.5, 0.6) is 0 Å². The molecule has 0 radical (unpaired) electrons. The van der Waals surface area contributed by atoms with Crippen molar-refractivity contribution in [2.45, 2.75) is 12.1 Å². The lowest BCUT2D eigenvalue weighted by Crippen LogP contribution is -2.46. The number of aryl methyl sites for hydroxylation is 1. The third-order valence-electron chi connectivity index (χ3n) is 4.46. The Labute approximate surface area is 150 Å². The van der Waals surface area contributed by atoms with Crippen LogP contribution in [0.4, 0.5) is 10.1 Å². The maximum absolute atomic E-state index is 13.9. The Kier molecular flexibility index (Phi) is 4.63. The smallest absolute Gasteiger partial charge is 0.258 e. The fourth-order valence-electron chi connectivity index (χ4n) is 3.04. The standard InChI is InChI=1S/C19H20FN3OS/c1-14-6-7-16-18(12-14)24-19(21-16)25-13-22-8-10-23(11-9-22)17-5-3-2-4-15(17)20/h2-7,12H,8-11,13H2,1H3. The molecule has 0 bridgehead atoms. The lowest BCUT2D eigenvalue weighted by molar-refractivity contribution is 0.298. The molecule has 0 saturated carbocycles. The van der Waals surface area contributed by atoms with Gasteiger partial charge >= 0.3 is 0 Å². The number of hydrogen-bond donors (Lipinski definition) is 0. The molecule has 2 aromatic carbocycles. The maximum atomic E-state index is 13.9. The highest BCUT2D eigenvalue weighted by Gasteiger charge is 2.19. The maximum Gasteiger partial charge on any atom is 0.258 e. The summed E-state index contributed by atoms with van der Waals surface area (Å²) >= 11 is 1.61. The van der Waals surface area contributed by atoms with Crippen LogP contribution < -0.4 is 4.90 Å². The number of halogens is 1. The molecular weight excluding hydrogens is 337 g/mol. The normalized spacial score (nSPS) is 15.8. The minimum absolute atomic E-state index is 0.146. The molecule has 1 aliphatic heterocycles. The lowest BCUT2D eigenvalue weighted by atomic mass is 10.2. The van der Waals surface area contributed by atoms with Crippen molar-refractivity contribution in [3.8, 4) is 0 Å². The number of hydrogen-bond acceptors (Lipinski definition) is 5. The molecular formula is C19H20FN3OS. The number of oxazole rings is 1. The Bertz CT molecular complexity index is 874. The average molecular weight is 357 g/mol. The van der Waals surface area contributed by atoms with E-state index < -0.39 is 0 Å². The van der Waals surface area contributed by atoms with Crippen LogP contribution in [0.1, 0.15) is 5.56 Å². The molecule has 0 amide bonds. The zero-order valence-corrected chi connectivity index (χ0v) is 14.9. The first-order valence-electron chi connectivity index (χ1n) is 8.41. The molecule has 1 aromatic heterocycles. The van der Waals surface area contributed by atoms with Crippen molar-refractivity contribution < 1.29 is 8.81 Å². The number of nitrogens with zero attached hydrogens (tertiary/aromatic N) is 3. The summed E-state index contributed by atoms with van der Waals surface area (Å²) < 4.78 is 19.7. The van der Waals surface area contributed by atoms with Gasteiger partial charge < -0.3 is 9.32 Å². The molecule has 0 atom stereocenters. The van der Waals surface area contributed by atoms with Gasteiger partial charge in [0, 0.05) is 26.2 Å². The molecule has 1 fully saturated rings. The van der Waals surface area contributed by atoms with Crippen LogP contribution in [0, 0.1) is 12.7 Å². The molecule has 0 N–H and O–H groups in total. The van der Waals surface area contributed by atoms with Gasteiger partial charge in [-0.25, -0.2) is 9.37 Å². The van der Waals surface area contributed by atoms with E-state index in [0.29, 0.717) is 10.9 Å². The molecule has 0 aliphatic carbocycles. The second-order valence-corrected chi connectivity index (χ2v) is 7.18. The Morgan fingerprint density at radius 2 is 1.92 bits per heavy atom. The van der Waals surface area contributed by atoms with Crippen molar-refractivity contribution in [1.29, 1.82) is 0 Å². The lowest BCUT2D eigenvalue weighted by Gasteiger charge is -2.35. The molecule has 2 heterocycles. The van der Waals surface area contributed by atoms with Crippen molar-refractivity contribution in [2.75, 3.05) is 37.0 Å². The number of aromatic nitrogens is 1. The van der Waals surface area contributed by atoms with Gasteiger partial charge in [0.2, 0.25) is 0 Å². The van der Waals surface area contributed by atoms with Crippen molar-refractivity contribution >= 4 is 28.5 Å². The van der Waals surface area contributed by atoms with Gasteiger partial charge in [-0.15, -0.1) is 0 Å². The minimum Gasteiger partial charge on any atom is -0.431 e. The quantitative estimate of drug-likeness (QED) is 0.655. The Balaban J connectivity index is 1.33. The molecule has 0 unspecified atom stereocenters. The molecule has 3 aromatic rings. The number of para-hydroxylation sites is 1. The van der Waals surface area contributed by atoms with Crippen molar-refractivity contribution in [3.05, 3.63) is 53.8 Å². The number of piperazine rings is 1. The first-order chi connectivity index (χ1) is 12.2. The molecule has 6 heteroatoms. The zero-order valence-electron chi connectivity index (χ0n) is 14.1. The van der Waals surface area contributed by atoms with Crippen LogP contribution in [0.15, 0.2) is 52.1 Å². The van der Waals surface area contributed by atoms with Crippen molar-refractivity contribution in [2.24, 2.45) is 0 Å². The topological polar surface area (TPSA) is 32.5 Å². The predicted octanol–water partition coefficient (Wildman–Crippen LogP) is 4.15. The van der Waals surface area contributed by atoms with E-state index in [1.807, 2.05) is 37.3 Å². The van der Waals surface area contributed by atoms with Gasteiger partial charge in [0.1, 0.15) is 11.3 Å². The van der Waals surface area contributed by atoms with Gasteiger partial charge in [-0.1, -0.05) is 30.0 Å². The highest BCUT2D eigenvalue weighted by atomic mass is 32.2. The van der Waals surface area contributed by atoms with Crippen molar-refractivity contribution in [3.63, 3.8) is 0 Å². The first kappa shape index (κ1) is 16.4. The summed E-state index contributed by atoms with van der Waals surface area (Å²) in [5.74, 6) is 0.684. The zero-order chi connectivity index (χ0) is 17.2. The van der Waals surface area contributed by atoms with E-state index in [2.05, 4.69) is 14.8 Å². The van der Waals surface area contributed by atoms with Crippen LogP contribution >= 0.6 is 11.8 Å². The largest absolute Gasteiger partial charge is 0.431 e. The summed E-state index contributed by atoms with van der Waals surface area (Å²) in [4.78, 5) is 8.98. The van der Waals surface area contributed by atoms with Gasteiger partial charge in [0.25, 0.3) is 5.22 Å². The third kappa shape index (κ3) is 3.65. The minimum atomic E-state index is -0.146. The number of thioether (sulfide) groups is 1. The van der Waals surface area contributed by atoms with Crippen LogP contribution in [0.2, 0.25) is 0 Å². The van der Waals surface area contributed by atoms with E-state index in [4.69, 9.17) is 4.42 Å². The fraction of sp³-hybridized carbons (Fsp3) is 0.316. The monoisotopic (exact) mass is 357 g/mol. The highest BCUT2D eigenvalue weighted by Crippen LogP contribution is 2.26. The molecule has 4 nitrogen and oxygen atoms in total. The van der Waals surface area contributed by atoms with Crippen LogP contribution in [-0.4, -0.2) is 41.9 Å². The summed E-state index contributed by atoms with van der Waals surface area (Å²) in [6.45, 7) is 5.51. The molecule has 4 rings (SSSR count). The fourth-order valence-corrected chi connectivity index (χ4v) is 3.91. The average Bonchev–Trinajstić information content (AvgIpc) is 3.03. The number of benzene rings is 2. The van der Waals surface area contributed by atoms with E-state index in [1.165, 1.54) is 11.6 Å². The summed E-state index contributed by atoms with van der Waals surface area (Å²) in [6.07, 6.45) is 0. The van der Waals surface area contributed by atoms with E-state index in [0.717, 1.165) is 43.2 Å². The molecule has 0 spiro atoms. The van der Waals surface area contributed by atoms with Gasteiger partial charge in [-0.05, 0) is 36.8 Å². The van der Waals surface area contributed by atoms with Gasteiger partial charge in [-0.2, -0.15) is 0 Å². The second kappa shape index (κ2) is 7.06. The van der Waals surface area contributed by atoms with Crippen molar-refractivity contribution in [1.82, 2.24) is 9.88 Å². The molecule has 130 valence electrons. The Morgan fingerprint density at radius 3 is 2.72 bits per heavy atom. The van der Waals surface area contributed by atoms with Crippen LogP contribution in [0.3, 0.4) is 0 Å². The van der Waals surface area contributed by atoms with Crippen LogP contribution in [0.25, 0.3) is 11.1 Å². The van der Waals surface area contributed by atoms with E-state index in [1.54, 1.807) is 17.8 Å². The highest BCUT2D eigenvalue weighted by molar-refractivity contribution is 7.99. The van der Waals surface area contributed by atoms with Gasteiger partial charge in [0.15, 0.2) is 5.58 Å². The molecule has 25 heavy (non-hydrogen) atoms. The van der Waals surface area contributed by atoms with E-state index >= 15 is 0 Å².